The Hall–Kier alpha value is -2.62. The summed E-state index contributed by atoms with van der Waals surface area (Å²) in [5.74, 6) is 1.47. The van der Waals surface area contributed by atoms with Crippen LogP contribution in [0.15, 0.2) is 66.4 Å². The van der Waals surface area contributed by atoms with Gasteiger partial charge in [0.2, 0.25) is 0 Å². The zero-order valence-electron chi connectivity index (χ0n) is 10.5. The first-order chi connectivity index (χ1) is 9.40. The molecule has 0 amide bonds. The molecular weight excluding hydrogens is 238 g/mol. The van der Waals surface area contributed by atoms with E-state index >= 15 is 0 Å². The first kappa shape index (κ1) is 12.8. The van der Waals surface area contributed by atoms with Crippen LogP contribution in [-0.4, -0.2) is 17.8 Å². The molecule has 4 nitrogen and oxygen atoms in total. The van der Waals surface area contributed by atoms with Crippen LogP contribution in [0.2, 0.25) is 0 Å². The van der Waals surface area contributed by atoms with Crippen LogP contribution in [-0.2, 0) is 0 Å². The number of rotatable bonds is 6. The molecule has 0 radical (unpaired) electrons. The molecule has 0 spiro atoms. The molecule has 0 fully saturated rings. The molecule has 1 N–H and O–H groups in total. The van der Waals surface area contributed by atoms with Crippen molar-refractivity contribution >= 4 is 12.0 Å². The Balaban J connectivity index is 2.04. The number of nitrogens with zero attached hydrogens (tertiary/aromatic N) is 2. The Kier molecular flexibility index (Phi) is 4.70. The summed E-state index contributed by atoms with van der Waals surface area (Å²) in [6.07, 6.45) is 5.12. The van der Waals surface area contributed by atoms with E-state index in [1.807, 2.05) is 42.5 Å². The van der Waals surface area contributed by atoms with E-state index < -0.39 is 0 Å². The molecule has 19 heavy (non-hydrogen) atoms. The zero-order valence-corrected chi connectivity index (χ0v) is 10.5. The van der Waals surface area contributed by atoms with Crippen molar-refractivity contribution in [3.8, 4) is 5.75 Å². The molecule has 1 heterocycles. The molecule has 0 atom stereocenters. The van der Waals surface area contributed by atoms with E-state index in [1.165, 1.54) is 0 Å². The summed E-state index contributed by atoms with van der Waals surface area (Å²) in [5, 5.41) is 4.14. The van der Waals surface area contributed by atoms with Crippen LogP contribution in [0, 0.1) is 0 Å². The van der Waals surface area contributed by atoms with E-state index in [-0.39, 0.29) is 0 Å². The monoisotopic (exact) mass is 253 g/mol. The van der Waals surface area contributed by atoms with Gasteiger partial charge in [-0.15, -0.1) is 0 Å². The number of pyridine rings is 1. The van der Waals surface area contributed by atoms with Crippen molar-refractivity contribution in [1.29, 1.82) is 0 Å². The molecule has 2 aromatic rings. The maximum atomic E-state index is 5.54. The molecule has 2 rings (SSSR count). The fourth-order valence-electron chi connectivity index (χ4n) is 1.46. The van der Waals surface area contributed by atoms with Gasteiger partial charge in [0.25, 0.3) is 0 Å². The predicted octanol–water partition coefficient (Wildman–Crippen LogP) is 3.09. The molecule has 0 aliphatic carbocycles. The fraction of sp³-hybridized carbons (Fsp3) is 0.0667. The smallest absolute Gasteiger partial charge is 0.146 e. The lowest BCUT2D eigenvalue weighted by atomic mass is 10.2. The lowest BCUT2D eigenvalue weighted by Crippen LogP contribution is -1.98. The van der Waals surface area contributed by atoms with Crippen molar-refractivity contribution in [1.82, 2.24) is 4.98 Å². The minimum Gasteiger partial charge on any atom is -0.489 e. The third-order valence-electron chi connectivity index (χ3n) is 2.32. The number of para-hydroxylation sites is 1. The highest BCUT2D eigenvalue weighted by Gasteiger charge is 1.98. The van der Waals surface area contributed by atoms with Gasteiger partial charge in [0.05, 0.1) is 6.21 Å². The molecular formula is C15H15N3O. The minimum atomic E-state index is 0.471. The van der Waals surface area contributed by atoms with Gasteiger partial charge in [0.15, 0.2) is 0 Å². The molecule has 0 unspecified atom stereocenters. The van der Waals surface area contributed by atoms with E-state index in [0.717, 1.165) is 11.3 Å². The Morgan fingerprint density at radius 3 is 2.84 bits per heavy atom. The maximum Gasteiger partial charge on any atom is 0.146 e. The molecule has 0 aliphatic rings. The Morgan fingerprint density at radius 1 is 1.21 bits per heavy atom. The summed E-state index contributed by atoms with van der Waals surface area (Å²) in [5.41, 5.74) is 3.76. The molecule has 4 heteroatoms. The topological polar surface area (TPSA) is 46.5 Å². The quantitative estimate of drug-likeness (QED) is 0.489. The van der Waals surface area contributed by atoms with E-state index in [4.69, 9.17) is 4.74 Å². The summed E-state index contributed by atoms with van der Waals surface area (Å²) in [7, 11) is 0. The zero-order chi connectivity index (χ0) is 13.3. The summed E-state index contributed by atoms with van der Waals surface area (Å²) in [6.45, 7) is 4.10. The number of hydrogen-bond acceptors (Lipinski definition) is 4. The number of benzene rings is 1. The summed E-state index contributed by atoms with van der Waals surface area (Å²) in [6, 6.07) is 13.3. The SMILES string of the molecule is C=CCOc1ccccc1/C=N\Nc1ccccn1. The highest BCUT2D eigenvalue weighted by atomic mass is 16.5. The van der Waals surface area contributed by atoms with E-state index in [0.29, 0.717) is 12.4 Å². The van der Waals surface area contributed by atoms with Gasteiger partial charge in [-0.05, 0) is 24.3 Å². The van der Waals surface area contributed by atoms with Gasteiger partial charge in [0.1, 0.15) is 18.2 Å². The minimum absolute atomic E-state index is 0.471. The Labute approximate surface area is 112 Å². The number of hydrazone groups is 1. The second kappa shape index (κ2) is 6.96. The van der Waals surface area contributed by atoms with Crippen molar-refractivity contribution in [3.63, 3.8) is 0 Å². The summed E-state index contributed by atoms with van der Waals surface area (Å²) in [4.78, 5) is 4.11. The van der Waals surface area contributed by atoms with Gasteiger partial charge in [-0.2, -0.15) is 5.10 Å². The fourth-order valence-corrected chi connectivity index (χ4v) is 1.46. The van der Waals surface area contributed by atoms with Crippen molar-refractivity contribution in [2.75, 3.05) is 12.0 Å². The molecule has 0 bridgehead atoms. The summed E-state index contributed by atoms with van der Waals surface area (Å²) < 4.78 is 5.54. The normalized spacial score (nSPS) is 10.3. The number of anilines is 1. The molecule has 1 aromatic carbocycles. The molecule has 0 saturated carbocycles. The number of nitrogens with one attached hydrogen (secondary N) is 1. The van der Waals surface area contributed by atoms with Crippen molar-refractivity contribution < 1.29 is 4.74 Å². The number of hydrogen-bond donors (Lipinski definition) is 1. The van der Waals surface area contributed by atoms with Crippen LogP contribution in [0.5, 0.6) is 5.75 Å². The van der Waals surface area contributed by atoms with Crippen molar-refractivity contribution in [2.24, 2.45) is 5.10 Å². The lowest BCUT2D eigenvalue weighted by Gasteiger charge is -2.06. The van der Waals surface area contributed by atoms with Crippen molar-refractivity contribution in [3.05, 3.63) is 66.9 Å². The first-order valence-electron chi connectivity index (χ1n) is 5.93. The Morgan fingerprint density at radius 2 is 2.05 bits per heavy atom. The maximum absolute atomic E-state index is 5.54. The number of aromatic nitrogens is 1. The second-order valence-corrected chi connectivity index (χ2v) is 3.72. The van der Waals surface area contributed by atoms with Gasteiger partial charge in [0, 0.05) is 11.8 Å². The van der Waals surface area contributed by atoms with Crippen LogP contribution >= 0.6 is 0 Å². The van der Waals surface area contributed by atoms with Crippen LogP contribution in [0.4, 0.5) is 5.82 Å². The predicted molar refractivity (Wildman–Crippen MR) is 77.6 cm³/mol. The van der Waals surface area contributed by atoms with E-state index in [1.54, 1.807) is 18.5 Å². The highest BCUT2D eigenvalue weighted by molar-refractivity contribution is 5.83. The average Bonchev–Trinajstić information content (AvgIpc) is 2.47. The van der Waals surface area contributed by atoms with Gasteiger partial charge in [-0.25, -0.2) is 4.98 Å². The van der Waals surface area contributed by atoms with Crippen molar-refractivity contribution in [2.45, 2.75) is 0 Å². The van der Waals surface area contributed by atoms with Gasteiger partial charge < -0.3 is 4.74 Å². The largest absolute Gasteiger partial charge is 0.489 e. The molecule has 1 aromatic heterocycles. The third kappa shape index (κ3) is 3.96. The van der Waals surface area contributed by atoms with Crippen LogP contribution in [0.25, 0.3) is 0 Å². The average molecular weight is 253 g/mol. The summed E-state index contributed by atoms with van der Waals surface area (Å²) >= 11 is 0. The first-order valence-corrected chi connectivity index (χ1v) is 5.93. The van der Waals surface area contributed by atoms with Gasteiger partial charge >= 0.3 is 0 Å². The second-order valence-electron chi connectivity index (χ2n) is 3.72. The van der Waals surface area contributed by atoms with Gasteiger partial charge in [-0.3, -0.25) is 5.43 Å². The van der Waals surface area contributed by atoms with Crippen LogP contribution in [0.3, 0.4) is 0 Å². The number of ether oxygens (including phenoxy) is 1. The molecule has 0 saturated heterocycles. The molecule has 96 valence electrons. The Bertz CT molecular complexity index is 552. The standard InChI is InChI=1S/C15H15N3O/c1-2-11-19-14-8-4-3-7-13(14)12-17-18-15-9-5-6-10-16-15/h2-10,12H,1,11H2,(H,16,18)/b17-12-. The lowest BCUT2D eigenvalue weighted by molar-refractivity contribution is 0.363. The third-order valence-corrected chi connectivity index (χ3v) is 2.32. The van der Waals surface area contributed by atoms with Crippen LogP contribution < -0.4 is 10.2 Å². The van der Waals surface area contributed by atoms with E-state index in [2.05, 4.69) is 22.1 Å². The molecule has 0 aliphatic heterocycles. The highest BCUT2D eigenvalue weighted by Crippen LogP contribution is 2.15. The van der Waals surface area contributed by atoms with Crippen LogP contribution in [0.1, 0.15) is 5.56 Å². The van der Waals surface area contributed by atoms with Gasteiger partial charge in [-0.1, -0.05) is 30.9 Å². The van der Waals surface area contributed by atoms with E-state index in [9.17, 15) is 0 Å².